The highest BCUT2D eigenvalue weighted by molar-refractivity contribution is 7.80. The summed E-state index contributed by atoms with van der Waals surface area (Å²) in [4.78, 5) is 5.27. The molecule has 1 aliphatic rings. The maximum Gasteiger partial charge on any atom is 0.155 e. The Hall–Kier alpha value is -2.05. The molecule has 132 valence electrons. The van der Waals surface area contributed by atoms with Crippen LogP contribution in [-0.2, 0) is 4.74 Å². The van der Waals surface area contributed by atoms with Crippen molar-refractivity contribution >= 4 is 35.0 Å². The summed E-state index contributed by atoms with van der Waals surface area (Å²) in [6, 6.07) is 7.85. The van der Waals surface area contributed by atoms with E-state index in [-0.39, 0.29) is 0 Å². The molecule has 0 bridgehead atoms. The molecule has 3 aromatic rings. The zero-order chi connectivity index (χ0) is 17.6. The van der Waals surface area contributed by atoms with Crippen molar-refractivity contribution in [2.75, 3.05) is 18.5 Å². The molecule has 0 radical (unpaired) electrons. The van der Waals surface area contributed by atoms with Gasteiger partial charge >= 0.3 is 0 Å². The monoisotopic (exact) mass is 356 g/mol. The van der Waals surface area contributed by atoms with Crippen LogP contribution in [0.15, 0.2) is 35.4 Å². The van der Waals surface area contributed by atoms with E-state index in [0.29, 0.717) is 0 Å². The van der Waals surface area contributed by atoms with E-state index in [2.05, 4.69) is 33.1 Å². The van der Waals surface area contributed by atoms with Gasteiger partial charge in [0, 0.05) is 40.9 Å². The Bertz CT molecular complexity index is 831. The molecule has 1 saturated heterocycles. The maximum absolute atomic E-state index is 5.07. The number of aromatic nitrogens is 3. The lowest BCUT2D eigenvalue weighted by molar-refractivity contribution is 0.0968. The first-order valence-corrected chi connectivity index (χ1v) is 9.04. The van der Waals surface area contributed by atoms with Gasteiger partial charge in [-0.2, -0.15) is 5.10 Å². The third-order valence-corrected chi connectivity index (χ3v) is 4.59. The first-order chi connectivity index (χ1) is 12.1. The standard InChI is InChI=1S/C14H14N4S.C5H10O/c1-8-9(2)17-18-14(8)16-13-5-6-15-12-4-3-10(19)7-11(12)13;1-2-4-6-5-3-1/h3-7,19H,1-2H3,(H2,15,16,17,18);1-5H2. The molecule has 0 saturated carbocycles. The minimum atomic E-state index is 0.842. The zero-order valence-corrected chi connectivity index (χ0v) is 15.6. The first-order valence-electron chi connectivity index (χ1n) is 8.59. The highest BCUT2D eigenvalue weighted by atomic mass is 32.1. The van der Waals surface area contributed by atoms with Crippen molar-refractivity contribution in [1.82, 2.24) is 15.2 Å². The fourth-order valence-corrected chi connectivity index (χ4v) is 2.87. The summed E-state index contributed by atoms with van der Waals surface area (Å²) in [5.74, 6) is 0.842. The van der Waals surface area contributed by atoms with Gasteiger partial charge in [-0.1, -0.05) is 0 Å². The quantitative estimate of drug-likeness (QED) is 0.578. The number of hydrogen-bond acceptors (Lipinski definition) is 5. The van der Waals surface area contributed by atoms with Crippen LogP contribution < -0.4 is 5.32 Å². The van der Waals surface area contributed by atoms with E-state index in [1.807, 2.05) is 38.1 Å². The fraction of sp³-hybridized carbons (Fsp3) is 0.368. The van der Waals surface area contributed by atoms with Crippen LogP contribution >= 0.6 is 12.6 Å². The second kappa shape index (κ2) is 8.36. The molecule has 2 N–H and O–H groups in total. The number of hydrogen-bond donors (Lipinski definition) is 3. The molecule has 0 aliphatic carbocycles. The number of anilines is 2. The van der Waals surface area contributed by atoms with Crippen LogP contribution in [0.25, 0.3) is 10.9 Å². The lowest BCUT2D eigenvalue weighted by Gasteiger charge is -2.08. The summed E-state index contributed by atoms with van der Waals surface area (Å²) in [7, 11) is 0. The SMILES string of the molecule is C1CCOCC1.Cc1[nH]nc(Nc2ccnc3ccc(S)cc23)c1C. The minimum Gasteiger partial charge on any atom is -0.381 e. The average molecular weight is 356 g/mol. The number of benzene rings is 1. The van der Waals surface area contributed by atoms with Gasteiger partial charge in [-0.3, -0.25) is 10.1 Å². The van der Waals surface area contributed by atoms with Gasteiger partial charge in [0.1, 0.15) is 0 Å². The summed E-state index contributed by atoms with van der Waals surface area (Å²) in [6.07, 6.45) is 5.72. The number of ether oxygens (including phenoxy) is 1. The predicted molar refractivity (Wildman–Crippen MR) is 105 cm³/mol. The normalized spacial score (nSPS) is 14.0. The molecule has 5 nitrogen and oxygen atoms in total. The number of fused-ring (bicyclic) bond motifs is 1. The molecule has 1 aromatic carbocycles. The Morgan fingerprint density at radius 1 is 1.12 bits per heavy atom. The van der Waals surface area contributed by atoms with E-state index < -0.39 is 0 Å². The number of nitrogens with one attached hydrogen (secondary N) is 2. The maximum atomic E-state index is 5.07. The Morgan fingerprint density at radius 3 is 2.52 bits per heavy atom. The topological polar surface area (TPSA) is 62.8 Å². The number of H-pyrrole nitrogens is 1. The molecule has 1 aliphatic heterocycles. The Kier molecular flexibility index (Phi) is 5.94. The Labute approximate surface area is 153 Å². The molecule has 0 unspecified atom stereocenters. The number of thiol groups is 1. The molecule has 3 heterocycles. The van der Waals surface area contributed by atoms with Gasteiger partial charge in [0.2, 0.25) is 0 Å². The number of aromatic amines is 1. The third kappa shape index (κ3) is 4.52. The minimum absolute atomic E-state index is 0.842. The van der Waals surface area contributed by atoms with Gasteiger partial charge in [-0.05, 0) is 57.4 Å². The van der Waals surface area contributed by atoms with Gasteiger partial charge in [0.15, 0.2) is 5.82 Å². The molecule has 0 atom stereocenters. The van der Waals surface area contributed by atoms with Crippen molar-refractivity contribution in [2.24, 2.45) is 0 Å². The lowest BCUT2D eigenvalue weighted by atomic mass is 10.2. The molecular formula is C19H24N4OS. The highest BCUT2D eigenvalue weighted by Gasteiger charge is 2.08. The van der Waals surface area contributed by atoms with Crippen LogP contribution in [0.2, 0.25) is 0 Å². The Balaban J connectivity index is 0.000000258. The molecule has 4 rings (SSSR count). The average Bonchev–Trinajstić information content (AvgIpc) is 2.96. The Morgan fingerprint density at radius 2 is 1.92 bits per heavy atom. The van der Waals surface area contributed by atoms with E-state index in [1.165, 1.54) is 19.3 Å². The van der Waals surface area contributed by atoms with Gasteiger partial charge < -0.3 is 10.1 Å². The van der Waals surface area contributed by atoms with Gasteiger partial charge in [0.05, 0.1) is 11.2 Å². The van der Waals surface area contributed by atoms with Crippen LogP contribution in [0.5, 0.6) is 0 Å². The third-order valence-electron chi connectivity index (χ3n) is 4.31. The molecule has 0 spiro atoms. The second-order valence-corrected chi connectivity index (χ2v) is 6.70. The van der Waals surface area contributed by atoms with Crippen molar-refractivity contribution in [3.8, 4) is 0 Å². The second-order valence-electron chi connectivity index (χ2n) is 6.18. The molecule has 0 amide bonds. The van der Waals surface area contributed by atoms with Crippen molar-refractivity contribution in [2.45, 2.75) is 38.0 Å². The van der Waals surface area contributed by atoms with Crippen molar-refractivity contribution in [3.05, 3.63) is 41.7 Å². The molecule has 6 heteroatoms. The summed E-state index contributed by atoms with van der Waals surface area (Å²) < 4.78 is 5.07. The van der Waals surface area contributed by atoms with Crippen molar-refractivity contribution in [3.63, 3.8) is 0 Å². The van der Waals surface area contributed by atoms with Gasteiger partial charge in [-0.25, -0.2) is 0 Å². The number of aryl methyl sites for hydroxylation is 1. The van der Waals surface area contributed by atoms with Crippen LogP contribution in [0.1, 0.15) is 30.5 Å². The zero-order valence-electron chi connectivity index (χ0n) is 14.7. The van der Waals surface area contributed by atoms with E-state index in [9.17, 15) is 0 Å². The predicted octanol–water partition coefficient (Wildman–Crippen LogP) is 4.79. The van der Waals surface area contributed by atoms with Crippen molar-refractivity contribution in [1.29, 1.82) is 0 Å². The molecule has 1 fully saturated rings. The van der Waals surface area contributed by atoms with E-state index in [0.717, 1.165) is 51.8 Å². The van der Waals surface area contributed by atoms with Gasteiger partial charge in [0.25, 0.3) is 0 Å². The molecule has 25 heavy (non-hydrogen) atoms. The molecule has 2 aromatic heterocycles. The first kappa shape index (κ1) is 17.8. The number of pyridine rings is 1. The summed E-state index contributed by atoms with van der Waals surface area (Å²) in [5, 5.41) is 11.6. The summed E-state index contributed by atoms with van der Waals surface area (Å²) >= 11 is 4.38. The summed E-state index contributed by atoms with van der Waals surface area (Å²) in [5.41, 5.74) is 4.10. The van der Waals surface area contributed by atoms with Crippen LogP contribution in [0, 0.1) is 13.8 Å². The van der Waals surface area contributed by atoms with Crippen LogP contribution in [0.4, 0.5) is 11.5 Å². The van der Waals surface area contributed by atoms with E-state index in [1.54, 1.807) is 6.20 Å². The lowest BCUT2D eigenvalue weighted by Crippen LogP contribution is -2.03. The van der Waals surface area contributed by atoms with E-state index >= 15 is 0 Å². The largest absolute Gasteiger partial charge is 0.381 e. The summed E-state index contributed by atoms with van der Waals surface area (Å²) in [6.45, 7) is 6.04. The molecular weight excluding hydrogens is 332 g/mol. The number of rotatable bonds is 2. The van der Waals surface area contributed by atoms with Crippen molar-refractivity contribution < 1.29 is 4.74 Å². The van der Waals surface area contributed by atoms with E-state index in [4.69, 9.17) is 4.74 Å². The number of nitrogens with zero attached hydrogens (tertiary/aromatic N) is 2. The fourth-order valence-electron chi connectivity index (χ4n) is 2.66. The van der Waals surface area contributed by atoms with Gasteiger partial charge in [-0.15, -0.1) is 12.6 Å². The van der Waals surface area contributed by atoms with Crippen LogP contribution in [-0.4, -0.2) is 28.4 Å². The smallest absolute Gasteiger partial charge is 0.155 e. The highest BCUT2D eigenvalue weighted by Crippen LogP contribution is 2.27. The van der Waals surface area contributed by atoms with Crippen LogP contribution in [0.3, 0.4) is 0 Å².